The van der Waals surface area contributed by atoms with Gasteiger partial charge in [0.1, 0.15) is 0 Å². The van der Waals surface area contributed by atoms with Gasteiger partial charge in [-0.15, -0.1) is 11.3 Å². The highest BCUT2D eigenvalue weighted by molar-refractivity contribution is 7.14. The van der Waals surface area contributed by atoms with Gasteiger partial charge in [-0.3, -0.25) is 9.59 Å². The second-order valence-corrected chi connectivity index (χ2v) is 6.87. The molecule has 5 nitrogen and oxygen atoms in total. The van der Waals surface area contributed by atoms with E-state index in [4.69, 9.17) is 27.9 Å². The first-order chi connectivity index (χ1) is 11.3. The summed E-state index contributed by atoms with van der Waals surface area (Å²) < 4.78 is 4.99. The van der Waals surface area contributed by atoms with Crippen molar-refractivity contribution in [3.05, 3.63) is 55.7 Å². The molecule has 0 saturated carbocycles. The van der Waals surface area contributed by atoms with Crippen LogP contribution in [0.15, 0.2) is 30.3 Å². The third-order valence-electron chi connectivity index (χ3n) is 2.88. The molecule has 126 valence electrons. The van der Waals surface area contributed by atoms with Gasteiger partial charge >= 0.3 is 5.97 Å². The normalized spacial score (nSPS) is 10.3. The smallest absolute Gasteiger partial charge is 0.338 e. The number of amides is 1. The van der Waals surface area contributed by atoms with Gasteiger partial charge in [0.15, 0.2) is 6.61 Å². The van der Waals surface area contributed by atoms with Gasteiger partial charge in [0.05, 0.1) is 17.0 Å². The van der Waals surface area contributed by atoms with Gasteiger partial charge in [-0.2, -0.15) is 0 Å². The molecule has 0 unspecified atom stereocenters. The summed E-state index contributed by atoms with van der Waals surface area (Å²) in [6, 6.07) is 7.70. The zero-order valence-corrected chi connectivity index (χ0v) is 14.9. The second-order valence-electron chi connectivity index (χ2n) is 4.83. The highest BCUT2D eigenvalue weighted by Crippen LogP contribution is 2.20. The molecule has 0 radical (unpaired) electrons. The number of nitrogens with one attached hydrogen (secondary N) is 1. The number of esters is 1. The van der Waals surface area contributed by atoms with Gasteiger partial charge in [-0.1, -0.05) is 23.2 Å². The molecule has 1 N–H and O–H groups in total. The number of ether oxygens (including phenoxy) is 1. The number of halogens is 2. The standard InChI is InChI=1S/C16H13Cl2NO4S/c1-9(20)19-7-13-2-3-15(24-13)14(21)8-23-16(22)10-4-11(17)6-12(18)5-10/h2-6H,7-8H2,1H3,(H,19,20). The number of carbonyl (C=O) groups is 3. The lowest BCUT2D eigenvalue weighted by atomic mass is 10.2. The maximum atomic E-state index is 12.1. The van der Waals surface area contributed by atoms with Crippen LogP contribution in [0.4, 0.5) is 0 Å². The Labute approximate surface area is 152 Å². The molecule has 1 aromatic carbocycles. The van der Waals surface area contributed by atoms with Gasteiger partial charge in [-0.25, -0.2) is 4.79 Å². The van der Waals surface area contributed by atoms with Crippen molar-refractivity contribution >= 4 is 52.2 Å². The fourth-order valence-electron chi connectivity index (χ4n) is 1.79. The Kier molecular flexibility index (Phi) is 6.36. The van der Waals surface area contributed by atoms with Crippen molar-refractivity contribution in [2.45, 2.75) is 13.5 Å². The van der Waals surface area contributed by atoms with Crippen LogP contribution in [-0.2, 0) is 16.1 Å². The van der Waals surface area contributed by atoms with E-state index in [2.05, 4.69) is 5.32 Å². The molecule has 1 heterocycles. The predicted octanol–water partition coefficient (Wildman–Crippen LogP) is 3.73. The quantitative estimate of drug-likeness (QED) is 0.607. The van der Waals surface area contributed by atoms with Crippen molar-refractivity contribution in [2.24, 2.45) is 0 Å². The molecule has 0 fully saturated rings. The van der Waals surface area contributed by atoms with E-state index in [9.17, 15) is 14.4 Å². The molecule has 0 saturated heterocycles. The molecule has 2 aromatic rings. The van der Waals surface area contributed by atoms with Crippen LogP contribution in [-0.4, -0.2) is 24.3 Å². The molecule has 0 atom stereocenters. The first kappa shape index (κ1) is 18.4. The van der Waals surface area contributed by atoms with Gasteiger partial charge in [0.25, 0.3) is 0 Å². The number of ketones is 1. The van der Waals surface area contributed by atoms with E-state index >= 15 is 0 Å². The van der Waals surface area contributed by atoms with Crippen molar-refractivity contribution < 1.29 is 19.1 Å². The zero-order valence-electron chi connectivity index (χ0n) is 12.6. The average molecular weight is 386 g/mol. The van der Waals surface area contributed by atoms with Crippen molar-refractivity contribution in [1.29, 1.82) is 0 Å². The number of benzene rings is 1. The first-order valence-corrected chi connectivity index (χ1v) is 8.42. The minimum absolute atomic E-state index is 0.148. The monoisotopic (exact) mass is 385 g/mol. The van der Waals surface area contributed by atoms with Gasteiger partial charge in [0, 0.05) is 21.8 Å². The molecule has 0 aliphatic carbocycles. The Balaban J connectivity index is 1.92. The summed E-state index contributed by atoms with van der Waals surface area (Å²) in [5, 5.41) is 3.26. The van der Waals surface area contributed by atoms with E-state index in [1.165, 1.54) is 36.5 Å². The van der Waals surface area contributed by atoms with Crippen LogP contribution >= 0.6 is 34.5 Å². The topological polar surface area (TPSA) is 72.5 Å². The Morgan fingerprint density at radius 2 is 1.79 bits per heavy atom. The largest absolute Gasteiger partial charge is 0.454 e. The molecular formula is C16H13Cl2NO4S. The zero-order chi connectivity index (χ0) is 17.7. The predicted molar refractivity (Wildman–Crippen MR) is 92.9 cm³/mol. The van der Waals surface area contributed by atoms with E-state index in [-0.39, 0.29) is 23.9 Å². The molecule has 24 heavy (non-hydrogen) atoms. The number of Topliss-reactive ketones (excluding diaryl/α,β-unsaturated/α-hetero) is 1. The van der Waals surface area contributed by atoms with E-state index in [0.29, 0.717) is 21.5 Å². The highest BCUT2D eigenvalue weighted by Gasteiger charge is 2.15. The lowest BCUT2D eigenvalue weighted by molar-refractivity contribution is -0.119. The van der Waals surface area contributed by atoms with E-state index in [1.807, 2.05) is 0 Å². The number of carbonyl (C=O) groups excluding carboxylic acids is 3. The van der Waals surface area contributed by atoms with Crippen LogP contribution in [0.2, 0.25) is 10.0 Å². The lowest BCUT2D eigenvalue weighted by Gasteiger charge is -2.04. The SMILES string of the molecule is CC(=O)NCc1ccc(C(=O)COC(=O)c2cc(Cl)cc(Cl)c2)s1. The van der Waals surface area contributed by atoms with Crippen LogP contribution in [0, 0.1) is 0 Å². The molecule has 2 rings (SSSR count). The van der Waals surface area contributed by atoms with Gasteiger partial charge in [-0.05, 0) is 30.3 Å². The fourth-order valence-corrected chi connectivity index (χ4v) is 3.19. The van der Waals surface area contributed by atoms with Gasteiger partial charge < -0.3 is 10.1 Å². The molecule has 0 aliphatic heterocycles. The molecule has 0 bridgehead atoms. The van der Waals surface area contributed by atoms with Crippen LogP contribution in [0.5, 0.6) is 0 Å². The van der Waals surface area contributed by atoms with Crippen LogP contribution < -0.4 is 5.32 Å². The molecular weight excluding hydrogens is 373 g/mol. The summed E-state index contributed by atoms with van der Waals surface area (Å²) in [7, 11) is 0. The molecule has 1 amide bonds. The summed E-state index contributed by atoms with van der Waals surface area (Å²) in [6.07, 6.45) is 0. The van der Waals surface area contributed by atoms with Crippen LogP contribution in [0.25, 0.3) is 0 Å². The van der Waals surface area contributed by atoms with Crippen molar-refractivity contribution in [3.8, 4) is 0 Å². The Morgan fingerprint density at radius 3 is 2.42 bits per heavy atom. The average Bonchev–Trinajstić information content (AvgIpc) is 2.98. The Bertz CT molecular complexity index is 768. The summed E-state index contributed by atoms with van der Waals surface area (Å²) in [4.78, 5) is 36.1. The molecule has 0 spiro atoms. The van der Waals surface area contributed by atoms with E-state index < -0.39 is 5.97 Å². The molecule has 0 aliphatic rings. The first-order valence-electron chi connectivity index (χ1n) is 6.84. The maximum Gasteiger partial charge on any atom is 0.338 e. The fraction of sp³-hybridized carbons (Fsp3) is 0.188. The number of rotatable bonds is 6. The lowest BCUT2D eigenvalue weighted by Crippen LogP contribution is -2.18. The second kappa shape index (κ2) is 8.28. The maximum absolute atomic E-state index is 12.1. The number of hydrogen-bond donors (Lipinski definition) is 1. The van der Waals surface area contributed by atoms with Crippen molar-refractivity contribution in [3.63, 3.8) is 0 Å². The summed E-state index contributed by atoms with van der Waals surface area (Å²) in [5.41, 5.74) is 0.179. The van der Waals surface area contributed by atoms with E-state index in [1.54, 1.807) is 12.1 Å². The number of thiophene rings is 1. The summed E-state index contributed by atoms with van der Waals surface area (Å²) >= 11 is 12.9. The minimum Gasteiger partial charge on any atom is -0.454 e. The number of hydrogen-bond acceptors (Lipinski definition) is 5. The Morgan fingerprint density at radius 1 is 1.12 bits per heavy atom. The van der Waals surface area contributed by atoms with Crippen molar-refractivity contribution in [2.75, 3.05) is 6.61 Å². The van der Waals surface area contributed by atoms with Gasteiger partial charge in [0.2, 0.25) is 11.7 Å². The molecule has 8 heteroatoms. The van der Waals surface area contributed by atoms with Crippen molar-refractivity contribution in [1.82, 2.24) is 5.32 Å². The third kappa shape index (κ3) is 5.33. The molecule has 1 aromatic heterocycles. The highest BCUT2D eigenvalue weighted by atomic mass is 35.5. The van der Waals surface area contributed by atoms with E-state index in [0.717, 1.165) is 4.88 Å². The summed E-state index contributed by atoms with van der Waals surface area (Å²) in [5.74, 6) is -1.15. The Hall–Kier alpha value is -1.89. The van der Waals surface area contributed by atoms with Crippen LogP contribution in [0.3, 0.4) is 0 Å². The third-order valence-corrected chi connectivity index (χ3v) is 4.44. The summed E-state index contributed by atoms with van der Waals surface area (Å²) in [6.45, 7) is 1.39. The minimum atomic E-state index is -0.678. The van der Waals surface area contributed by atoms with Crippen LogP contribution in [0.1, 0.15) is 31.8 Å².